The molecule has 25 heavy (non-hydrogen) atoms. The van der Waals surface area contributed by atoms with Crippen molar-refractivity contribution in [3.63, 3.8) is 0 Å². The van der Waals surface area contributed by atoms with Crippen LogP contribution >= 0.6 is 24.0 Å². The number of nitrogens with one attached hydrogen (secondary N) is 1. The number of nitrogens with zero attached hydrogens (tertiary/aromatic N) is 6. The molecule has 2 fully saturated rings. The predicted molar refractivity (Wildman–Crippen MR) is 106 cm³/mol. The number of aliphatic imine (C=N–C) groups is 1. The van der Waals surface area contributed by atoms with E-state index in [9.17, 15) is 0 Å². The summed E-state index contributed by atoms with van der Waals surface area (Å²) in [5, 5.41) is 12.1. The van der Waals surface area contributed by atoms with Gasteiger partial charge in [-0.3, -0.25) is 9.89 Å². The summed E-state index contributed by atoms with van der Waals surface area (Å²) < 4.78 is 7.70. The van der Waals surface area contributed by atoms with Gasteiger partial charge in [0.25, 0.3) is 0 Å². The van der Waals surface area contributed by atoms with Crippen LogP contribution in [0.3, 0.4) is 0 Å². The summed E-state index contributed by atoms with van der Waals surface area (Å²) in [5.74, 6) is 3.11. The van der Waals surface area contributed by atoms with Crippen LogP contribution in [-0.4, -0.2) is 83.0 Å². The SMILES string of the molecule is CN=C(NCc1nnc2n1CCC2)N1CCC(N2CCOCC2)C1.I. The normalized spacial score (nSPS) is 24.3. The summed E-state index contributed by atoms with van der Waals surface area (Å²) in [6.45, 7) is 7.66. The second-order valence-corrected chi connectivity index (χ2v) is 6.73. The summed E-state index contributed by atoms with van der Waals surface area (Å²) in [7, 11) is 1.86. The molecule has 140 valence electrons. The van der Waals surface area contributed by atoms with Crippen molar-refractivity contribution in [2.24, 2.45) is 4.99 Å². The minimum absolute atomic E-state index is 0. The Morgan fingerprint density at radius 2 is 2.08 bits per heavy atom. The molecule has 1 atom stereocenters. The minimum Gasteiger partial charge on any atom is -0.379 e. The van der Waals surface area contributed by atoms with Crippen molar-refractivity contribution in [2.75, 3.05) is 46.4 Å². The van der Waals surface area contributed by atoms with Crippen LogP contribution in [0.25, 0.3) is 0 Å². The molecule has 0 aliphatic carbocycles. The zero-order valence-electron chi connectivity index (χ0n) is 14.9. The molecule has 0 saturated carbocycles. The molecule has 9 heteroatoms. The van der Waals surface area contributed by atoms with E-state index < -0.39 is 0 Å². The quantitative estimate of drug-likeness (QED) is 0.398. The molecule has 1 aromatic heterocycles. The number of morpholine rings is 1. The molecular weight excluding hydrogens is 433 g/mol. The molecule has 4 heterocycles. The van der Waals surface area contributed by atoms with Crippen LogP contribution in [0.1, 0.15) is 24.5 Å². The topological polar surface area (TPSA) is 70.8 Å². The lowest BCUT2D eigenvalue weighted by atomic mass is 10.2. The maximum absolute atomic E-state index is 5.46. The number of hydrogen-bond acceptors (Lipinski definition) is 5. The molecule has 1 N–H and O–H groups in total. The third-order valence-corrected chi connectivity index (χ3v) is 5.33. The second-order valence-electron chi connectivity index (χ2n) is 6.73. The molecule has 3 aliphatic rings. The average Bonchev–Trinajstić information content (AvgIpc) is 3.34. The Bertz CT molecular complexity index is 599. The van der Waals surface area contributed by atoms with Crippen molar-refractivity contribution < 1.29 is 4.74 Å². The lowest BCUT2D eigenvalue weighted by Gasteiger charge is -2.32. The molecule has 0 radical (unpaired) electrons. The molecule has 0 aromatic carbocycles. The summed E-state index contributed by atoms with van der Waals surface area (Å²) >= 11 is 0. The first kappa shape index (κ1) is 18.8. The van der Waals surface area contributed by atoms with Gasteiger partial charge in [-0.15, -0.1) is 34.2 Å². The highest BCUT2D eigenvalue weighted by atomic mass is 127. The number of aromatic nitrogens is 3. The van der Waals surface area contributed by atoms with Gasteiger partial charge >= 0.3 is 0 Å². The van der Waals surface area contributed by atoms with E-state index in [1.54, 1.807) is 0 Å². The molecule has 0 bridgehead atoms. The molecule has 3 aliphatic heterocycles. The van der Waals surface area contributed by atoms with Gasteiger partial charge in [-0.25, -0.2) is 0 Å². The van der Waals surface area contributed by atoms with Crippen molar-refractivity contribution in [1.82, 2.24) is 29.9 Å². The Hall–Kier alpha value is -0.940. The Labute approximate surface area is 166 Å². The third kappa shape index (κ3) is 4.08. The average molecular weight is 461 g/mol. The minimum atomic E-state index is 0. The number of guanidine groups is 1. The summed E-state index contributed by atoms with van der Waals surface area (Å²) in [4.78, 5) is 9.39. The molecular formula is C16H28IN7O. The van der Waals surface area contributed by atoms with E-state index in [-0.39, 0.29) is 24.0 Å². The Morgan fingerprint density at radius 3 is 2.88 bits per heavy atom. The number of aryl methyl sites for hydroxylation is 1. The molecule has 1 aromatic rings. The van der Waals surface area contributed by atoms with E-state index in [4.69, 9.17) is 4.74 Å². The van der Waals surface area contributed by atoms with Crippen LogP contribution in [0.2, 0.25) is 0 Å². The van der Waals surface area contributed by atoms with Crippen LogP contribution in [-0.2, 0) is 24.2 Å². The van der Waals surface area contributed by atoms with E-state index in [0.29, 0.717) is 12.6 Å². The van der Waals surface area contributed by atoms with Gasteiger partial charge in [0.2, 0.25) is 0 Å². The largest absolute Gasteiger partial charge is 0.379 e. The number of rotatable bonds is 3. The monoisotopic (exact) mass is 461 g/mol. The molecule has 2 saturated heterocycles. The third-order valence-electron chi connectivity index (χ3n) is 5.33. The maximum Gasteiger partial charge on any atom is 0.194 e. The molecule has 1 unspecified atom stereocenters. The van der Waals surface area contributed by atoms with Gasteiger partial charge in [-0.1, -0.05) is 0 Å². The highest BCUT2D eigenvalue weighted by molar-refractivity contribution is 14.0. The maximum atomic E-state index is 5.46. The van der Waals surface area contributed by atoms with Gasteiger partial charge in [-0.05, 0) is 12.8 Å². The first-order valence-corrected chi connectivity index (χ1v) is 9.03. The van der Waals surface area contributed by atoms with Crippen LogP contribution in [0.15, 0.2) is 4.99 Å². The van der Waals surface area contributed by atoms with E-state index in [2.05, 4.69) is 34.9 Å². The van der Waals surface area contributed by atoms with Crippen LogP contribution < -0.4 is 5.32 Å². The van der Waals surface area contributed by atoms with Gasteiger partial charge in [0.05, 0.1) is 19.8 Å². The van der Waals surface area contributed by atoms with E-state index in [1.807, 2.05) is 7.05 Å². The predicted octanol–water partition coefficient (Wildman–Crippen LogP) is 0.324. The van der Waals surface area contributed by atoms with E-state index in [1.165, 1.54) is 12.8 Å². The van der Waals surface area contributed by atoms with Crippen LogP contribution in [0.5, 0.6) is 0 Å². The fraction of sp³-hybridized carbons (Fsp3) is 0.812. The van der Waals surface area contributed by atoms with Crippen LogP contribution in [0, 0.1) is 0 Å². The van der Waals surface area contributed by atoms with Crippen molar-refractivity contribution in [3.05, 3.63) is 11.6 Å². The van der Waals surface area contributed by atoms with Crippen molar-refractivity contribution in [3.8, 4) is 0 Å². The number of likely N-dealkylation sites (tertiary alicyclic amines) is 1. The van der Waals surface area contributed by atoms with E-state index in [0.717, 1.165) is 70.0 Å². The second kappa shape index (κ2) is 8.63. The number of fused-ring (bicyclic) bond motifs is 1. The summed E-state index contributed by atoms with van der Waals surface area (Å²) in [6, 6.07) is 0.616. The lowest BCUT2D eigenvalue weighted by Crippen LogP contribution is -2.46. The zero-order chi connectivity index (χ0) is 16.4. The van der Waals surface area contributed by atoms with Crippen molar-refractivity contribution in [1.29, 1.82) is 0 Å². The lowest BCUT2D eigenvalue weighted by molar-refractivity contribution is 0.0195. The standard InChI is InChI=1S/C16H27N7O.HI/c1-17-16(18-11-15-20-19-14-3-2-5-23(14)15)22-6-4-13(12-22)21-7-9-24-10-8-21;/h13H,2-12H2,1H3,(H,17,18);1H. The highest BCUT2D eigenvalue weighted by Gasteiger charge is 2.30. The molecule has 4 rings (SSSR count). The van der Waals surface area contributed by atoms with Gasteiger partial charge in [0.1, 0.15) is 5.82 Å². The zero-order valence-corrected chi connectivity index (χ0v) is 17.2. The van der Waals surface area contributed by atoms with Gasteiger partial charge in [0.15, 0.2) is 11.8 Å². The fourth-order valence-corrected chi connectivity index (χ4v) is 4.01. The fourth-order valence-electron chi connectivity index (χ4n) is 4.01. The Balaban J connectivity index is 0.00000182. The first-order chi connectivity index (χ1) is 11.8. The number of ether oxygens (including phenoxy) is 1. The van der Waals surface area contributed by atoms with Crippen LogP contribution in [0.4, 0.5) is 0 Å². The summed E-state index contributed by atoms with van der Waals surface area (Å²) in [5.41, 5.74) is 0. The van der Waals surface area contributed by atoms with E-state index >= 15 is 0 Å². The first-order valence-electron chi connectivity index (χ1n) is 9.03. The smallest absolute Gasteiger partial charge is 0.194 e. The Morgan fingerprint density at radius 1 is 1.24 bits per heavy atom. The van der Waals surface area contributed by atoms with Crippen molar-refractivity contribution >= 4 is 29.9 Å². The van der Waals surface area contributed by atoms with Gasteiger partial charge in [-0.2, -0.15) is 0 Å². The summed E-state index contributed by atoms with van der Waals surface area (Å²) in [6.07, 6.45) is 3.43. The van der Waals surface area contributed by atoms with Gasteiger partial charge in [0, 0.05) is 52.2 Å². The Kier molecular flexibility index (Phi) is 6.50. The van der Waals surface area contributed by atoms with Gasteiger partial charge < -0.3 is 19.5 Å². The molecule has 0 spiro atoms. The highest BCUT2D eigenvalue weighted by Crippen LogP contribution is 2.17. The molecule has 0 amide bonds. The molecule has 8 nitrogen and oxygen atoms in total. The number of halogens is 1. The number of hydrogen-bond donors (Lipinski definition) is 1. The van der Waals surface area contributed by atoms with Crippen molar-refractivity contribution in [2.45, 2.75) is 38.4 Å².